The van der Waals surface area contributed by atoms with E-state index >= 15 is 0 Å². The highest BCUT2D eigenvalue weighted by Crippen LogP contribution is 2.44. The molecule has 1 aromatic carbocycles. The molecule has 3 heterocycles. The minimum absolute atomic E-state index is 0.770. The second kappa shape index (κ2) is 9.60. The molecule has 2 saturated carbocycles. The van der Waals surface area contributed by atoms with Crippen molar-refractivity contribution in [1.82, 2.24) is 19.5 Å². The summed E-state index contributed by atoms with van der Waals surface area (Å²) in [5.74, 6) is 5.31. The smallest absolute Gasteiger partial charge is 0.157 e. The van der Waals surface area contributed by atoms with Crippen LogP contribution >= 0.6 is 0 Å². The molecule has 2 unspecified atom stereocenters. The van der Waals surface area contributed by atoms with Crippen molar-refractivity contribution >= 4 is 11.5 Å². The largest absolute Gasteiger partial charge is 0.496 e. The first-order valence-electron chi connectivity index (χ1n) is 13.3. The van der Waals surface area contributed by atoms with Gasteiger partial charge in [0.2, 0.25) is 0 Å². The molecule has 2 atom stereocenters. The number of hydrogen-bond donors (Lipinski definition) is 1. The van der Waals surface area contributed by atoms with Crippen molar-refractivity contribution in [2.75, 3.05) is 19.0 Å². The van der Waals surface area contributed by atoms with Crippen LogP contribution in [-0.4, -0.2) is 33.2 Å². The zero-order valence-corrected chi connectivity index (χ0v) is 21.5. The molecule has 0 saturated heterocycles. The maximum absolute atomic E-state index is 5.87. The van der Waals surface area contributed by atoms with Crippen LogP contribution in [0.5, 0.6) is 5.75 Å². The Morgan fingerprint density at radius 1 is 1.14 bits per heavy atom. The van der Waals surface area contributed by atoms with E-state index in [1.165, 1.54) is 44.9 Å². The highest BCUT2D eigenvalue weighted by Gasteiger charge is 2.31. The van der Waals surface area contributed by atoms with Crippen LogP contribution in [0.15, 0.2) is 41.3 Å². The Labute approximate surface area is 212 Å². The molecule has 2 aliphatic carbocycles. The maximum atomic E-state index is 5.87. The van der Waals surface area contributed by atoms with Gasteiger partial charge in [-0.15, -0.1) is 0 Å². The Bertz CT molecular complexity index is 1340. The minimum atomic E-state index is 0.770. The maximum Gasteiger partial charge on any atom is 0.157 e. The van der Waals surface area contributed by atoms with Gasteiger partial charge in [-0.2, -0.15) is 0 Å². The van der Waals surface area contributed by atoms with Crippen LogP contribution in [0.3, 0.4) is 0 Å². The van der Waals surface area contributed by atoms with Gasteiger partial charge in [0, 0.05) is 30.1 Å². The highest BCUT2D eigenvalue weighted by atomic mass is 16.5. The molecular weight excluding hydrogens is 450 g/mol. The number of nitrogens with zero attached hydrogens (tertiary/aromatic N) is 4. The third-order valence-electron chi connectivity index (χ3n) is 8.28. The van der Waals surface area contributed by atoms with Gasteiger partial charge in [-0.1, -0.05) is 30.5 Å². The van der Waals surface area contributed by atoms with Gasteiger partial charge >= 0.3 is 0 Å². The van der Waals surface area contributed by atoms with Crippen LogP contribution in [0.25, 0.3) is 28.0 Å². The zero-order chi connectivity index (χ0) is 24.6. The van der Waals surface area contributed by atoms with Crippen molar-refractivity contribution in [3.63, 3.8) is 0 Å². The predicted molar refractivity (Wildman–Crippen MR) is 141 cm³/mol. The summed E-state index contributed by atoms with van der Waals surface area (Å²) in [5, 5.41) is 7.87. The summed E-state index contributed by atoms with van der Waals surface area (Å²) in [7, 11) is 1.71. The summed E-state index contributed by atoms with van der Waals surface area (Å²) in [4.78, 5) is 9.26. The van der Waals surface area contributed by atoms with Crippen LogP contribution in [-0.2, 0) is 0 Å². The number of rotatable bonds is 7. The number of nitrogens with one attached hydrogen (secondary N) is 1. The molecule has 7 heteroatoms. The number of anilines is 1. The molecule has 7 nitrogen and oxygen atoms in total. The summed E-state index contributed by atoms with van der Waals surface area (Å²) in [5.41, 5.74) is 5.55. The van der Waals surface area contributed by atoms with Crippen LogP contribution in [0.2, 0.25) is 0 Å². The van der Waals surface area contributed by atoms with E-state index in [1.54, 1.807) is 7.11 Å². The van der Waals surface area contributed by atoms with E-state index in [9.17, 15) is 0 Å². The molecule has 2 fully saturated rings. The van der Waals surface area contributed by atoms with E-state index in [0.29, 0.717) is 0 Å². The van der Waals surface area contributed by atoms with Gasteiger partial charge in [0.1, 0.15) is 23.0 Å². The molecule has 188 valence electrons. The Hall–Kier alpha value is -3.35. The van der Waals surface area contributed by atoms with E-state index in [4.69, 9.17) is 14.2 Å². The quantitative estimate of drug-likeness (QED) is 0.314. The van der Waals surface area contributed by atoms with Gasteiger partial charge in [0.05, 0.1) is 19.0 Å². The third-order valence-corrected chi connectivity index (χ3v) is 8.28. The van der Waals surface area contributed by atoms with Crippen LogP contribution in [0, 0.1) is 31.6 Å². The summed E-state index contributed by atoms with van der Waals surface area (Å²) in [6.07, 6.45) is 15.4. The van der Waals surface area contributed by atoms with Crippen molar-refractivity contribution < 1.29 is 9.26 Å². The number of aromatic nitrogens is 4. The van der Waals surface area contributed by atoms with E-state index in [0.717, 1.165) is 75.4 Å². The SMILES string of the molecule is COc1cc(-c2c(C)noc2C)ccc1-c1nc2cnccn2c1NCCC1CC2CCCC(C2)C1. The Morgan fingerprint density at radius 3 is 2.72 bits per heavy atom. The Kier molecular flexibility index (Phi) is 6.15. The van der Waals surface area contributed by atoms with E-state index in [1.807, 2.05) is 32.4 Å². The molecule has 0 radical (unpaired) electrons. The molecule has 4 aromatic rings. The van der Waals surface area contributed by atoms with Gasteiger partial charge in [0.25, 0.3) is 0 Å². The van der Waals surface area contributed by atoms with Crippen molar-refractivity contribution in [3.05, 3.63) is 48.2 Å². The zero-order valence-electron chi connectivity index (χ0n) is 21.5. The normalized spacial score (nSPS) is 21.6. The Balaban J connectivity index is 1.29. The lowest BCUT2D eigenvalue weighted by molar-refractivity contribution is 0.134. The lowest BCUT2D eigenvalue weighted by atomic mass is 9.67. The minimum Gasteiger partial charge on any atom is -0.496 e. The summed E-state index contributed by atoms with van der Waals surface area (Å²) >= 11 is 0. The van der Waals surface area contributed by atoms with Gasteiger partial charge < -0.3 is 14.6 Å². The van der Waals surface area contributed by atoms with Crippen LogP contribution in [0.1, 0.15) is 56.4 Å². The molecule has 0 spiro atoms. The van der Waals surface area contributed by atoms with E-state index < -0.39 is 0 Å². The third kappa shape index (κ3) is 4.25. The lowest BCUT2D eigenvalue weighted by Crippen LogP contribution is -2.27. The predicted octanol–water partition coefficient (Wildman–Crippen LogP) is 6.70. The fraction of sp³-hybridized carbons (Fsp3) is 0.483. The number of benzene rings is 1. The fourth-order valence-electron chi connectivity index (χ4n) is 6.70. The van der Waals surface area contributed by atoms with E-state index in [-0.39, 0.29) is 0 Å². The summed E-state index contributed by atoms with van der Waals surface area (Å²) < 4.78 is 13.4. The standard InChI is InChI=1S/C29H35N5O2/c1-18-27(19(2)36-33-18)23-7-8-24(25(16-23)35-3)28-29(34-12-11-30-17-26(34)32-28)31-10-9-22-14-20-5-4-6-21(13-20)15-22/h7-8,11-12,16-17,20-22,31H,4-6,9-10,13-15H2,1-3H3. The Morgan fingerprint density at radius 2 is 1.97 bits per heavy atom. The van der Waals surface area contributed by atoms with E-state index in [2.05, 4.69) is 38.1 Å². The molecular formula is C29H35N5O2. The van der Waals surface area contributed by atoms with Gasteiger partial charge in [-0.25, -0.2) is 4.98 Å². The molecule has 2 bridgehead atoms. The number of imidazole rings is 1. The van der Waals surface area contributed by atoms with Gasteiger partial charge in [0.15, 0.2) is 5.65 Å². The molecule has 6 rings (SSSR count). The fourth-order valence-corrected chi connectivity index (χ4v) is 6.70. The molecule has 3 aromatic heterocycles. The first kappa shape index (κ1) is 23.1. The average Bonchev–Trinajstić information content (AvgIpc) is 3.42. The van der Waals surface area contributed by atoms with Gasteiger partial charge in [-0.3, -0.25) is 9.38 Å². The first-order chi connectivity index (χ1) is 17.6. The van der Waals surface area contributed by atoms with Crippen LogP contribution in [0.4, 0.5) is 5.82 Å². The number of aryl methyl sites for hydroxylation is 2. The molecule has 36 heavy (non-hydrogen) atoms. The van der Waals surface area contributed by atoms with Gasteiger partial charge in [-0.05, 0) is 75.0 Å². The number of hydrogen-bond acceptors (Lipinski definition) is 6. The van der Waals surface area contributed by atoms with Crippen molar-refractivity contribution in [1.29, 1.82) is 0 Å². The first-order valence-corrected chi connectivity index (χ1v) is 13.3. The highest BCUT2D eigenvalue weighted by molar-refractivity contribution is 5.83. The molecule has 2 aliphatic rings. The summed E-state index contributed by atoms with van der Waals surface area (Å²) in [6, 6.07) is 6.23. The van der Waals surface area contributed by atoms with Crippen LogP contribution < -0.4 is 10.1 Å². The molecule has 0 amide bonds. The van der Waals surface area contributed by atoms with Crippen molar-refractivity contribution in [2.24, 2.45) is 17.8 Å². The molecule has 1 N–H and O–H groups in total. The second-order valence-corrected chi connectivity index (χ2v) is 10.7. The monoisotopic (exact) mass is 485 g/mol. The summed E-state index contributed by atoms with van der Waals surface area (Å²) in [6.45, 7) is 4.84. The van der Waals surface area contributed by atoms with Crippen molar-refractivity contribution in [2.45, 2.75) is 58.8 Å². The topological polar surface area (TPSA) is 77.5 Å². The number of methoxy groups -OCH3 is 1. The lowest BCUT2D eigenvalue weighted by Gasteiger charge is -2.39. The average molecular weight is 486 g/mol. The van der Waals surface area contributed by atoms with Crippen molar-refractivity contribution in [3.8, 4) is 28.1 Å². The number of ether oxygens (including phenoxy) is 1. The number of fused-ring (bicyclic) bond motifs is 3. The second-order valence-electron chi connectivity index (χ2n) is 10.7. The molecule has 0 aliphatic heterocycles.